The smallest absolute Gasteiger partial charge is 0.273 e. The van der Waals surface area contributed by atoms with E-state index in [9.17, 15) is 4.79 Å². The summed E-state index contributed by atoms with van der Waals surface area (Å²) in [6.45, 7) is 6.20. The second-order valence-electron chi connectivity index (χ2n) is 7.96. The lowest BCUT2D eigenvalue weighted by Gasteiger charge is -2.28. The normalized spacial score (nSPS) is 12.0. The maximum atomic E-state index is 12.5. The lowest BCUT2D eigenvalue weighted by molar-refractivity contribution is 0.0943. The second-order valence-corrected chi connectivity index (χ2v) is 7.96. The van der Waals surface area contributed by atoms with E-state index in [-0.39, 0.29) is 17.6 Å². The highest BCUT2D eigenvalue weighted by Crippen LogP contribution is 2.25. The fourth-order valence-electron chi connectivity index (χ4n) is 3.70. The van der Waals surface area contributed by atoms with E-state index < -0.39 is 0 Å². The van der Waals surface area contributed by atoms with E-state index in [0.717, 1.165) is 11.3 Å². The van der Waals surface area contributed by atoms with Gasteiger partial charge in [0.1, 0.15) is 17.8 Å². The van der Waals surface area contributed by atoms with Gasteiger partial charge in [-0.1, -0.05) is 42.5 Å². The summed E-state index contributed by atoms with van der Waals surface area (Å²) in [7, 11) is 0. The van der Waals surface area contributed by atoms with Crippen molar-refractivity contribution in [1.29, 1.82) is 0 Å². The molecular weight excluding hydrogens is 430 g/mol. The van der Waals surface area contributed by atoms with E-state index >= 15 is 0 Å². The van der Waals surface area contributed by atoms with Crippen LogP contribution in [0, 0.1) is 0 Å². The molecule has 2 aromatic carbocycles. The number of oxazole rings is 1. The molecule has 4 aromatic rings. The minimum absolute atomic E-state index is 0.107. The van der Waals surface area contributed by atoms with E-state index in [1.807, 2.05) is 37.3 Å². The Balaban J connectivity index is 1.47. The number of nitrogens with one attached hydrogen (secondary N) is 1. The van der Waals surface area contributed by atoms with Crippen molar-refractivity contribution in [1.82, 2.24) is 15.2 Å². The van der Waals surface area contributed by atoms with Crippen LogP contribution in [-0.2, 0) is 19.6 Å². The van der Waals surface area contributed by atoms with E-state index in [0.29, 0.717) is 37.9 Å². The average Bonchev–Trinajstić information content (AvgIpc) is 3.56. The van der Waals surface area contributed by atoms with E-state index in [4.69, 9.17) is 13.6 Å². The molecule has 1 N–H and O–H groups in total. The number of carbonyl (C=O) groups excluding carboxylic acids is 1. The van der Waals surface area contributed by atoms with Gasteiger partial charge in [0.2, 0.25) is 5.89 Å². The monoisotopic (exact) mass is 459 g/mol. The van der Waals surface area contributed by atoms with Crippen LogP contribution in [0.4, 0.5) is 0 Å². The van der Waals surface area contributed by atoms with Crippen LogP contribution in [0.3, 0.4) is 0 Å². The molecule has 0 fully saturated rings. The molecule has 0 radical (unpaired) electrons. The van der Waals surface area contributed by atoms with Crippen molar-refractivity contribution in [2.24, 2.45) is 0 Å². The first kappa shape index (κ1) is 23.3. The Labute approximate surface area is 199 Å². The maximum absolute atomic E-state index is 12.5. The minimum atomic E-state index is -0.305. The molecule has 0 aliphatic carbocycles. The van der Waals surface area contributed by atoms with Crippen molar-refractivity contribution in [3.05, 3.63) is 108 Å². The van der Waals surface area contributed by atoms with Crippen molar-refractivity contribution in [3.63, 3.8) is 0 Å². The van der Waals surface area contributed by atoms with Gasteiger partial charge in [-0.3, -0.25) is 9.69 Å². The van der Waals surface area contributed by atoms with Gasteiger partial charge in [0.05, 0.1) is 26.0 Å². The molecule has 1 amide bonds. The number of hydrogen-bond acceptors (Lipinski definition) is 6. The second kappa shape index (κ2) is 11.3. The van der Waals surface area contributed by atoms with Gasteiger partial charge < -0.3 is 18.9 Å². The molecule has 34 heavy (non-hydrogen) atoms. The number of ether oxygens (including phenoxy) is 1. The fourth-order valence-corrected chi connectivity index (χ4v) is 3.70. The summed E-state index contributed by atoms with van der Waals surface area (Å²) in [5.74, 6) is 1.71. The van der Waals surface area contributed by atoms with Crippen LogP contribution in [0.2, 0.25) is 0 Å². The third kappa shape index (κ3) is 6.14. The molecule has 176 valence electrons. The quantitative estimate of drug-likeness (QED) is 0.325. The lowest BCUT2D eigenvalue weighted by Crippen LogP contribution is -2.27. The summed E-state index contributed by atoms with van der Waals surface area (Å²) in [4.78, 5) is 19.2. The zero-order chi connectivity index (χ0) is 23.8. The van der Waals surface area contributed by atoms with E-state index in [1.165, 1.54) is 11.8 Å². The van der Waals surface area contributed by atoms with Gasteiger partial charge in [-0.15, -0.1) is 0 Å². The predicted molar refractivity (Wildman–Crippen MR) is 128 cm³/mol. The Morgan fingerprint density at radius 3 is 2.53 bits per heavy atom. The van der Waals surface area contributed by atoms with Crippen LogP contribution in [0.1, 0.15) is 53.2 Å². The Bertz CT molecular complexity index is 1150. The van der Waals surface area contributed by atoms with Gasteiger partial charge in [-0.25, -0.2) is 4.98 Å². The van der Waals surface area contributed by atoms with Gasteiger partial charge in [0.25, 0.3) is 5.91 Å². The first-order valence-electron chi connectivity index (χ1n) is 11.4. The molecule has 0 saturated carbocycles. The van der Waals surface area contributed by atoms with Crippen molar-refractivity contribution in [2.45, 2.75) is 39.5 Å². The van der Waals surface area contributed by atoms with Crippen LogP contribution >= 0.6 is 0 Å². The Morgan fingerprint density at radius 2 is 1.82 bits per heavy atom. The first-order chi connectivity index (χ1) is 16.6. The van der Waals surface area contributed by atoms with Crippen LogP contribution in [0.5, 0.6) is 5.75 Å². The molecule has 0 saturated heterocycles. The molecule has 0 unspecified atom stereocenters. The van der Waals surface area contributed by atoms with Crippen molar-refractivity contribution >= 4 is 5.91 Å². The number of hydrogen-bond donors (Lipinski definition) is 1. The van der Waals surface area contributed by atoms with Gasteiger partial charge >= 0.3 is 0 Å². The molecule has 7 heteroatoms. The van der Waals surface area contributed by atoms with Crippen LogP contribution in [0.25, 0.3) is 0 Å². The highest BCUT2D eigenvalue weighted by molar-refractivity contribution is 5.91. The summed E-state index contributed by atoms with van der Waals surface area (Å²) in [5.41, 5.74) is 2.58. The van der Waals surface area contributed by atoms with Crippen LogP contribution < -0.4 is 10.1 Å². The molecule has 0 bridgehead atoms. The fraction of sp³-hybridized carbons (Fsp3) is 0.259. The molecule has 2 aromatic heterocycles. The van der Waals surface area contributed by atoms with Gasteiger partial charge in [-0.05, 0) is 49.2 Å². The molecule has 0 aliphatic rings. The molecule has 0 aliphatic heterocycles. The zero-order valence-corrected chi connectivity index (χ0v) is 19.4. The largest absolute Gasteiger partial charge is 0.494 e. The van der Waals surface area contributed by atoms with Gasteiger partial charge in [-0.2, -0.15) is 0 Å². The molecule has 1 atom stereocenters. The van der Waals surface area contributed by atoms with Gasteiger partial charge in [0.15, 0.2) is 5.69 Å². The van der Waals surface area contributed by atoms with Crippen molar-refractivity contribution in [2.75, 3.05) is 6.61 Å². The molecule has 7 nitrogen and oxygen atoms in total. The number of rotatable bonds is 11. The number of aromatic nitrogens is 1. The SMILES string of the molecule is CCOc1ccc(CN(Cc2nc(C(=O)NCc3ccco3)co2)[C@@H](C)c2ccccc2)cc1. The highest BCUT2D eigenvalue weighted by atomic mass is 16.5. The molecule has 0 spiro atoms. The van der Waals surface area contributed by atoms with Gasteiger partial charge in [0, 0.05) is 12.6 Å². The van der Waals surface area contributed by atoms with Crippen LogP contribution in [-0.4, -0.2) is 22.4 Å². The van der Waals surface area contributed by atoms with Crippen molar-refractivity contribution < 1.29 is 18.4 Å². The Hall–Kier alpha value is -3.84. The van der Waals surface area contributed by atoms with Crippen LogP contribution in [0.15, 0.2) is 88.1 Å². The number of carbonyl (C=O) groups is 1. The highest BCUT2D eigenvalue weighted by Gasteiger charge is 2.20. The molecule has 2 heterocycles. The average molecular weight is 460 g/mol. The summed E-state index contributed by atoms with van der Waals surface area (Å²) >= 11 is 0. The zero-order valence-electron chi connectivity index (χ0n) is 19.4. The van der Waals surface area contributed by atoms with Crippen molar-refractivity contribution in [3.8, 4) is 5.75 Å². The number of amides is 1. The lowest BCUT2D eigenvalue weighted by atomic mass is 10.1. The standard InChI is InChI=1S/C27H29N3O4/c1-3-32-23-13-11-21(12-14-23)17-30(20(2)22-8-5-4-6-9-22)18-26-29-25(19-34-26)27(31)28-16-24-10-7-15-33-24/h4-15,19-20H,3,16-18H2,1-2H3,(H,28,31)/t20-/m0/s1. The Morgan fingerprint density at radius 1 is 1.03 bits per heavy atom. The summed E-state index contributed by atoms with van der Waals surface area (Å²) in [6, 6.07) is 22.1. The summed E-state index contributed by atoms with van der Waals surface area (Å²) in [6.07, 6.45) is 2.97. The molecule has 4 rings (SSSR count). The summed E-state index contributed by atoms with van der Waals surface area (Å²) in [5, 5.41) is 2.79. The Kier molecular flexibility index (Phi) is 7.78. The number of benzene rings is 2. The third-order valence-electron chi connectivity index (χ3n) is 5.58. The number of furan rings is 1. The minimum Gasteiger partial charge on any atom is -0.494 e. The first-order valence-corrected chi connectivity index (χ1v) is 11.4. The topological polar surface area (TPSA) is 80.7 Å². The summed E-state index contributed by atoms with van der Waals surface area (Å²) < 4.78 is 16.5. The van der Waals surface area contributed by atoms with E-state index in [2.05, 4.69) is 46.4 Å². The predicted octanol–water partition coefficient (Wildman–Crippen LogP) is 5.36. The molecular formula is C27H29N3O4. The maximum Gasteiger partial charge on any atom is 0.273 e. The van der Waals surface area contributed by atoms with E-state index in [1.54, 1.807) is 18.4 Å². The third-order valence-corrected chi connectivity index (χ3v) is 5.58. The number of nitrogens with zero attached hydrogens (tertiary/aromatic N) is 2.